The quantitative estimate of drug-likeness (QED) is 0.0371. The average molecular weight is 978 g/mol. The number of nitrogens with zero attached hydrogens (tertiary/aromatic N) is 6. The first-order valence-corrected chi connectivity index (χ1v) is 23.0. The number of benzene rings is 3. The van der Waals surface area contributed by atoms with Crippen molar-refractivity contribution >= 4 is 46.0 Å². The molecule has 3 aromatic heterocycles. The Balaban J connectivity index is 0.637. The molecule has 4 amide bonds. The van der Waals surface area contributed by atoms with Crippen LogP contribution in [0.2, 0.25) is 0 Å². The van der Waals surface area contributed by atoms with Gasteiger partial charge in [0.05, 0.1) is 102 Å². The summed E-state index contributed by atoms with van der Waals surface area (Å²) in [6.45, 7) is 6.57. The SMILES string of the molecule is Cc1c(Cc2cccc(NCc3cn(CCOCCOCCOCCOCCOCCNc4cccc5c4C(=O)N(C4CCC(=O)NC4=O)C5=O)nn3)c2F)c(=O)oc2cc(Oc3ncccn3)ccc12. The number of aromatic nitrogens is 5. The highest BCUT2D eigenvalue weighted by Crippen LogP contribution is 2.33. The number of hydrogen-bond donors (Lipinski definition) is 3. The predicted octanol–water partition coefficient (Wildman–Crippen LogP) is 4.21. The van der Waals surface area contributed by atoms with Gasteiger partial charge in [0, 0.05) is 54.5 Å². The Bertz CT molecular complexity index is 2900. The molecule has 22 heteroatoms. The second-order valence-electron chi connectivity index (χ2n) is 16.2. The Labute approximate surface area is 405 Å². The van der Waals surface area contributed by atoms with Crippen LogP contribution >= 0.6 is 0 Å². The van der Waals surface area contributed by atoms with Gasteiger partial charge >= 0.3 is 11.6 Å². The van der Waals surface area contributed by atoms with Crippen LogP contribution in [-0.4, -0.2) is 132 Å². The number of halogens is 1. The lowest BCUT2D eigenvalue weighted by atomic mass is 9.99. The second-order valence-corrected chi connectivity index (χ2v) is 16.2. The van der Waals surface area contributed by atoms with Crippen LogP contribution in [0.1, 0.15) is 55.9 Å². The summed E-state index contributed by atoms with van der Waals surface area (Å²) in [5, 5.41) is 17.4. The molecule has 21 nitrogen and oxygen atoms in total. The molecule has 0 bridgehead atoms. The van der Waals surface area contributed by atoms with Gasteiger partial charge in [0.15, 0.2) is 0 Å². The Morgan fingerprint density at radius 3 is 2.21 bits per heavy atom. The van der Waals surface area contributed by atoms with E-state index in [1.54, 1.807) is 83.9 Å². The van der Waals surface area contributed by atoms with E-state index >= 15 is 4.39 Å². The largest absolute Gasteiger partial charge is 0.424 e. The molecule has 0 radical (unpaired) electrons. The van der Waals surface area contributed by atoms with Gasteiger partial charge in [-0.05, 0) is 60.9 Å². The van der Waals surface area contributed by atoms with E-state index in [0.29, 0.717) is 124 Å². The van der Waals surface area contributed by atoms with Gasteiger partial charge in [-0.1, -0.05) is 23.4 Å². The number of carbonyl (C=O) groups excluding carboxylic acids is 4. The van der Waals surface area contributed by atoms with E-state index in [0.717, 1.165) is 4.90 Å². The number of piperidine rings is 1. The lowest BCUT2D eigenvalue weighted by Crippen LogP contribution is -2.54. The fourth-order valence-electron chi connectivity index (χ4n) is 7.90. The van der Waals surface area contributed by atoms with Gasteiger partial charge < -0.3 is 43.5 Å². The molecule has 6 aromatic rings. The Morgan fingerprint density at radius 2 is 1.48 bits per heavy atom. The Hall–Kier alpha value is -7.50. The van der Waals surface area contributed by atoms with Crippen molar-refractivity contribution in [3.63, 3.8) is 0 Å². The van der Waals surface area contributed by atoms with Crippen LogP contribution in [-0.2, 0) is 52.8 Å². The average Bonchev–Trinajstić information content (AvgIpc) is 3.93. The van der Waals surface area contributed by atoms with Crippen molar-refractivity contribution in [1.29, 1.82) is 0 Å². The molecule has 71 heavy (non-hydrogen) atoms. The zero-order valence-corrected chi connectivity index (χ0v) is 38.9. The smallest absolute Gasteiger partial charge is 0.340 e. The zero-order chi connectivity index (χ0) is 49.5. The summed E-state index contributed by atoms with van der Waals surface area (Å²) in [5.74, 6) is -2.29. The predicted molar refractivity (Wildman–Crippen MR) is 252 cm³/mol. The van der Waals surface area contributed by atoms with Crippen molar-refractivity contribution in [2.75, 3.05) is 83.2 Å². The molecule has 372 valence electrons. The molecule has 0 saturated carbocycles. The molecule has 1 atom stereocenters. The fourth-order valence-corrected chi connectivity index (χ4v) is 7.90. The van der Waals surface area contributed by atoms with Gasteiger partial charge in [-0.3, -0.25) is 29.4 Å². The molecule has 1 saturated heterocycles. The van der Waals surface area contributed by atoms with E-state index in [4.69, 9.17) is 32.8 Å². The van der Waals surface area contributed by atoms with Gasteiger partial charge in [0.1, 0.15) is 28.9 Å². The fraction of sp³-hybridized carbons (Fsp3) is 0.367. The molecular formula is C49H52FN9O12. The third-order valence-electron chi connectivity index (χ3n) is 11.5. The molecule has 0 spiro atoms. The molecule has 8 rings (SSSR count). The maximum absolute atomic E-state index is 15.7. The summed E-state index contributed by atoms with van der Waals surface area (Å²) in [5.41, 5.74) is 2.85. The van der Waals surface area contributed by atoms with Crippen LogP contribution in [0.5, 0.6) is 11.8 Å². The van der Waals surface area contributed by atoms with E-state index in [1.165, 1.54) is 0 Å². The van der Waals surface area contributed by atoms with Crippen molar-refractivity contribution < 1.29 is 56.4 Å². The number of fused-ring (bicyclic) bond motifs is 2. The highest BCUT2D eigenvalue weighted by Gasteiger charge is 2.45. The topological polar surface area (TPSA) is 250 Å². The lowest BCUT2D eigenvalue weighted by molar-refractivity contribution is -0.136. The van der Waals surface area contributed by atoms with Gasteiger partial charge in [-0.15, -0.1) is 5.10 Å². The van der Waals surface area contributed by atoms with Crippen LogP contribution in [0.25, 0.3) is 11.0 Å². The molecule has 5 heterocycles. The van der Waals surface area contributed by atoms with E-state index in [1.807, 2.05) is 6.92 Å². The van der Waals surface area contributed by atoms with E-state index in [2.05, 4.69) is 36.2 Å². The minimum absolute atomic E-state index is 0.0324. The van der Waals surface area contributed by atoms with Crippen LogP contribution in [0.4, 0.5) is 15.8 Å². The third-order valence-corrected chi connectivity index (χ3v) is 11.5. The minimum atomic E-state index is -1.03. The molecular weight excluding hydrogens is 926 g/mol. The van der Waals surface area contributed by atoms with Gasteiger partial charge in [0.2, 0.25) is 11.8 Å². The normalized spacial score (nSPS) is 14.6. The van der Waals surface area contributed by atoms with Crippen LogP contribution < -0.4 is 26.3 Å². The Morgan fingerprint density at radius 1 is 0.789 bits per heavy atom. The van der Waals surface area contributed by atoms with Gasteiger partial charge in [-0.25, -0.2) is 23.8 Å². The maximum atomic E-state index is 15.7. The summed E-state index contributed by atoms with van der Waals surface area (Å²) >= 11 is 0. The summed E-state index contributed by atoms with van der Waals surface area (Å²) in [7, 11) is 0. The number of nitrogens with one attached hydrogen (secondary N) is 3. The number of ether oxygens (including phenoxy) is 6. The number of hydrogen-bond acceptors (Lipinski definition) is 18. The Kier molecular flexibility index (Phi) is 17.1. The van der Waals surface area contributed by atoms with Crippen molar-refractivity contribution in [2.45, 2.75) is 45.3 Å². The first kappa shape index (κ1) is 49.9. The number of imide groups is 2. The number of anilines is 2. The molecule has 0 aliphatic carbocycles. The lowest BCUT2D eigenvalue weighted by Gasteiger charge is -2.27. The number of rotatable bonds is 27. The van der Waals surface area contributed by atoms with E-state index < -0.39 is 41.1 Å². The second kappa shape index (κ2) is 24.4. The minimum Gasteiger partial charge on any atom is -0.424 e. The van der Waals surface area contributed by atoms with Crippen LogP contribution in [0.15, 0.2) is 88.5 Å². The molecule has 3 N–H and O–H groups in total. The summed E-state index contributed by atoms with van der Waals surface area (Å²) < 4.78 is 56.7. The highest BCUT2D eigenvalue weighted by molar-refractivity contribution is 6.25. The first-order chi connectivity index (χ1) is 34.6. The van der Waals surface area contributed by atoms with Gasteiger partial charge in [-0.2, -0.15) is 0 Å². The molecule has 1 unspecified atom stereocenters. The summed E-state index contributed by atoms with van der Waals surface area (Å²) in [6.07, 6.45) is 5.04. The third kappa shape index (κ3) is 12.8. The molecule has 3 aromatic carbocycles. The van der Waals surface area contributed by atoms with Crippen LogP contribution in [0.3, 0.4) is 0 Å². The van der Waals surface area contributed by atoms with Crippen molar-refractivity contribution in [1.82, 2.24) is 35.2 Å². The highest BCUT2D eigenvalue weighted by atomic mass is 19.1. The maximum Gasteiger partial charge on any atom is 0.340 e. The van der Waals surface area contributed by atoms with Crippen molar-refractivity contribution in [3.05, 3.63) is 129 Å². The zero-order valence-electron chi connectivity index (χ0n) is 38.9. The molecule has 2 aliphatic rings. The van der Waals surface area contributed by atoms with Crippen molar-refractivity contribution in [3.8, 4) is 11.8 Å². The number of aryl methyl sites for hydroxylation is 1. The number of amides is 4. The van der Waals surface area contributed by atoms with Gasteiger partial charge in [0.25, 0.3) is 11.8 Å². The van der Waals surface area contributed by atoms with E-state index in [-0.39, 0.29) is 48.6 Å². The number of carbonyl (C=O) groups is 4. The van der Waals surface area contributed by atoms with E-state index in [9.17, 15) is 24.0 Å². The molecule has 2 aliphatic heterocycles. The summed E-state index contributed by atoms with van der Waals surface area (Å²) in [4.78, 5) is 72.3. The first-order valence-electron chi connectivity index (χ1n) is 23.0. The standard InChI is InChI=1S/C49H52FN9O12/c1-31-35-10-9-34(70-49-52-13-4-14-53-49)28-41(35)71-48(64)37(31)27-32-5-2-8-39(44(32)50)54-29-33-30-58(57-56-33)16-18-66-20-22-68-24-26-69-25-23-67-21-19-65-17-15-51-38-7-3-6-36-43(38)47(63)59(46(36)62)40-11-12-42(60)55-45(40)61/h2-10,13-14,28,30,40,51,54H,11-12,15-27,29H2,1H3,(H,55,60,61). The summed E-state index contributed by atoms with van der Waals surface area (Å²) in [6, 6.07) is 15.8. The molecule has 1 fully saturated rings. The monoisotopic (exact) mass is 977 g/mol. The van der Waals surface area contributed by atoms with Crippen molar-refractivity contribution in [2.24, 2.45) is 0 Å². The van der Waals surface area contributed by atoms with Crippen LogP contribution in [0, 0.1) is 12.7 Å².